The van der Waals surface area contributed by atoms with Gasteiger partial charge >= 0.3 is 0 Å². The topological polar surface area (TPSA) is 41.3 Å². The molecule has 0 radical (unpaired) electrons. The largest absolute Gasteiger partial charge is 0.444 e. The van der Waals surface area contributed by atoms with E-state index in [0.29, 0.717) is 6.04 Å². The number of aryl methyl sites for hydroxylation is 2. The molecule has 1 aromatic heterocycles. The van der Waals surface area contributed by atoms with E-state index < -0.39 is 0 Å². The molecule has 21 heavy (non-hydrogen) atoms. The molecule has 112 valence electrons. The average molecular weight is 285 g/mol. The average Bonchev–Trinajstić information content (AvgIpc) is 3.05. The Morgan fingerprint density at radius 1 is 1.29 bits per heavy atom. The Balaban J connectivity index is 1.46. The number of rotatable bonds is 5. The highest BCUT2D eigenvalue weighted by atomic mass is 16.4. The molecular weight excluding hydrogens is 262 g/mol. The maximum absolute atomic E-state index is 5.61. The monoisotopic (exact) mass is 285 g/mol. The van der Waals surface area contributed by atoms with Gasteiger partial charge < -0.3 is 9.73 Å². The molecule has 0 aliphatic carbocycles. The van der Waals surface area contributed by atoms with E-state index in [2.05, 4.69) is 45.5 Å². The zero-order valence-corrected chi connectivity index (χ0v) is 12.8. The van der Waals surface area contributed by atoms with Gasteiger partial charge in [0, 0.05) is 25.7 Å². The van der Waals surface area contributed by atoms with Crippen LogP contribution in [0.5, 0.6) is 0 Å². The molecule has 0 saturated carbocycles. The van der Waals surface area contributed by atoms with Crippen LogP contribution in [0.4, 0.5) is 0 Å². The van der Waals surface area contributed by atoms with Crippen molar-refractivity contribution in [3.8, 4) is 0 Å². The summed E-state index contributed by atoms with van der Waals surface area (Å²) in [5.74, 6) is 1.72. The highest BCUT2D eigenvalue weighted by Crippen LogP contribution is 2.14. The molecule has 1 fully saturated rings. The van der Waals surface area contributed by atoms with Gasteiger partial charge in [0.25, 0.3) is 0 Å². The zero-order chi connectivity index (χ0) is 14.7. The molecule has 1 N–H and O–H groups in total. The molecular formula is C17H23N3O. The van der Waals surface area contributed by atoms with E-state index in [9.17, 15) is 0 Å². The molecule has 1 aliphatic heterocycles. The van der Waals surface area contributed by atoms with Crippen molar-refractivity contribution in [3.63, 3.8) is 0 Å². The molecule has 4 heteroatoms. The highest BCUT2D eigenvalue weighted by Gasteiger charge is 2.22. The number of oxazole rings is 1. The van der Waals surface area contributed by atoms with Crippen molar-refractivity contribution in [3.05, 3.63) is 53.2 Å². The molecule has 1 saturated heterocycles. The van der Waals surface area contributed by atoms with Crippen LogP contribution >= 0.6 is 0 Å². The molecule has 3 rings (SSSR count). The van der Waals surface area contributed by atoms with Gasteiger partial charge in [0.05, 0.1) is 12.2 Å². The molecule has 2 aromatic rings. The van der Waals surface area contributed by atoms with E-state index in [0.717, 1.165) is 43.5 Å². The van der Waals surface area contributed by atoms with Gasteiger partial charge in [-0.15, -0.1) is 0 Å². The number of nitrogens with zero attached hydrogens (tertiary/aromatic N) is 2. The molecule has 2 heterocycles. The van der Waals surface area contributed by atoms with Crippen LogP contribution in [0.15, 0.2) is 34.7 Å². The van der Waals surface area contributed by atoms with Crippen LogP contribution in [0.2, 0.25) is 0 Å². The van der Waals surface area contributed by atoms with Gasteiger partial charge in [0.1, 0.15) is 5.76 Å². The number of likely N-dealkylation sites (tertiary alicyclic amines) is 1. The van der Waals surface area contributed by atoms with Crippen molar-refractivity contribution in [2.75, 3.05) is 13.1 Å². The Morgan fingerprint density at radius 2 is 2.10 bits per heavy atom. The fraction of sp³-hybridized carbons (Fsp3) is 0.471. The van der Waals surface area contributed by atoms with Gasteiger partial charge in [0.2, 0.25) is 5.89 Å². The summed E-state index contributed by atoms with van der Waals surface area (Å²) in [6, 6.07) is 11.2. The molecule has 0 bridgehead atoms. The second-order valence-corrected chi connectivity index (χ2v) is 5.84. The third-order valence-electron chi connectivity index (χ3n) is 4.14. The van der Waals surface area contributed by atoms with Gasteiger partial charge in [-0.3, -0.25) is 4.90 Å². The van der Waals surface area contributed by atoms with Crippen LogP contribution < -0.4 is 5.32 Å². The minimum atomic E-state index is 0.529. The second kappa shape index (κ2) is 6.41. The number of aromatic nitrogens is 1. The van der Waals surface area contributed by atoms with Crippen molar-refractivity contribution in [2.24, 2.45) is 0 Å². The normalized spacial score (nSPS) is 19.2. The molecule has 4 nitrogen and oxygen atoms in total. The standard InChI is InChI=1S/C17H23N3O/c1-13-14(2)21-17(19-13)10-18-16-8-9-20(12-16)11-15-6-4-3-5-7-15/h3-7,16,18H,8-12H2,1-2H3. The highest BCUT2D eigenvalue weighted by molar-refractivity contribution is 5.14. The Morgan fingerprint density at radius 3 is 2.81 bits per heavy atom. The SMILES string of the molecule is Cc1nc(CNC2CCN(Cc3ccccc3)C2)oc1C. The molecule has 1 aliphatic rings. The van der Waals surface area contributed by atoms with Crippen LogP contribution in [0.1, 0.15) is 29.3 Å². The minimum Gasteiger partial charge on any atom is -0.444 e. The van der Waals surface area contributed by atoms with E-state index in [1.165, 1.54) is 12.0 Å². The summed E-state index contributed by atoms with van der Waals surface area (Å²) in [5.41, 5.74) is 2.38. The Bertz CT molecular complexity index is 559. The summed E-state index contributed by atoms with van der Waals surface area (Å²) >= 11 is 0. The third-order valence-corrected chi connectivity index (χ3v) is 4.14. The van der Waals surface area contributed by atoms with Crippen LogP contribution in [0, 0.1) is 13.8 Å². The Kier molecular flexibility index (Phi) is 4.36. The van der Waals surface area contributed by atoms with Crippen molar-refractivity contribution < 1.29 is 4.42 Å². The third kappa shape index (κ3) is 3.71. The fourth-order valence-corrected chi connectivity index (χ4v) is 2.83. The van der Waals surface area contributed by atoms with Crippen molar-refractivity contribution in [2.45, 2.75) is 39.4 Å². The zero-order valence-electron chi connectivity index (χ0n) is 12.8. The lowest BCUT2D eigenvalue weighted by atomic mass is 10.2. The van der Waals surface area contributed by atoms with Crippen LogP contribution in [-0.2, 0) is 13.1 Å². The lowest BCUT2D eigenvalue weighted by Crippen LogP contribution is -2.32. The Labute approximate surface area is 126 Å². The molecule has 1 unspecified atom stereocenters. The summed E-state index contributed by atoms with van der Waals surface area (Å²) in [7, 11) is 0. The summed E-state index contributed by atoms with van der Waals surface area (Å²) < 4.78 is 5.61. The van der Waals surface area contributed by atoms with Crippen molar-refractivity contribution >= 4 is 0 Å². The van der Waals surface area contributed by atoms with Crippen LogP contribution in [-0.4, -0.2) is 29.0 Å². The van der Waals surface area contributed by atoms with Gasteiger partial charge in [-0.25, -0.2) is 4.98 Å². The molecule has 0 amide bonds. The molecule has 0 spiro atoms. The summed E-state index contributed by atoms with van der Waals surface area (Å²) in [4.78, 5) is 6.91. The summed E-state index contributed by atoms with van der Waals surface area (Å²) in [6.45, 7) is 7.95. The second-order valence-electron chi connectivity index (χ2n) is 5.84. The van der Waals surface area contributed by atoms with Crippen molar-refractivity contribution in [1.82, 2.24) is 15.2 Å². The van der Waals surface area contributed by atoms with Gasteiger partial charge in [-0.2, -0.15) is 0 Å². The van der Waals surface area contributed by atoms with Crippen LogP contribution in [0.25, 0.3) is 0 Å². The van der Waals surface area contributed by atoms with Crippen LogP contribution in [0.3, 0.4) is 0 Å². The van der Waals surface area contributed by atoms with E-state index in [1.54, 1.807) is 0 Å². The quantitative estimate of drug-likeness (QED) is 0.917. The predicted octanol–water partition coefficient (Wildman–Crippen LogP) is 2.66. The fourth-order valence-electron chi connectivity index (χ4n) is 2.83. The minimum absolute atomic E-state index is 0.529. The number of hydrogen-bond donors (Lipinski definition) is 1. The number of nitrogens with one attached hydrogen (secondary N) is 1. The lowest BCUT2D eigenvalue weighted by Gasteiger charge is -2.16. The van der Waals surface area contributed by atoms with E-state index in [1.807, 2.05) is 13.8 Å². The van der Waals surface area contributed by atoms with Crippen molar-refractivity contribution in [1.29, 1.82) is 0 Å². The smallest absolute Gasteiger partial charge is 0.208 e. The maximum atomic E-state index is 5.61. The first-order valence-corrected chi connectivity index (χ1v) is 7.63. The first kappa shape index (κ1) is 14.3. The van der Waals surface area contributed by atoms with E-state index in [-0.39, 0.29) is 0 Å². The van der Waals surface area contributed by atoms with Gasteiger partial charge in [0.15, 0.2) is 0 Å². The summed E-state index contributed by atoms with van der Waals surface area (Å²) in [5, 5.41) is 3.56. The van der Waals surface area contributed by atoms with E-state index >= 15 is 0 Å². The van der Waals surface area contributed by atoms with Gasteiger partial charge in [-0.1, -0.05) is 30.3 Å². The predicted molar refractivity (Wildman–Crippen MR) is 82.9 cm³/mol. The first-order chi connectivity index (χ1) is 10.2. The summed E-state index contributed by atoms with van der Waals surface area (Å²) in [6.07, 6.45) is 1.19. The lowest BCUT2D eigenvalue weighted by molar-refractivity contribution is 0.317. The number of hydrogen-bond acceptors (Lipinski definition) is 4. The number of benzene rings is 1. The first-order valence-electron chi connectivity index (χ1n) is 7.63. The van der Waals surface area contributed by atoms with Gasteiger partial charge in [-0.05, 0) is 25.8 Å². The van der Waals surface area contributed by atoms with E-state index in [4.69, 9.17) is 4.42 Å². The Hall–Kier alpha value is -1.65. The molecule has 1 aromatic carbocycles. The maximum Gasteiger partial charge on any atom is 0.208 e. The molecule has 1 atom stereocenters.